The van der Waals surface area contributed by atoms with Crippen molar-refractivity contribution in [3.8, 4) is 0 Å². The number of halogens is 4. The van der Waals surface area contributed by atoms with E-state index in [1.807, 2.05) is 0 Å². The Morgan fingerprint density at radius 1 is 1.38 bits per heavy atom. The van der Waals surface area contributed by atoms with Crippen LogP contribution in [0.2, 0.25) is 0 Å². The first kappa shape index (κ1) is 20.7. The van der Waals surface area contributed by atoms with E-state index in [1.54, 1.807) is 14.0 Å². The standard InChI is InChI=1S/C19H19F4N5O/c1-11(24-2)25-16(7-8-29)17-10-28(27-26-17)18(12-3-4-12)14-6-5-13(9-15(14)20)19(21,22)23/h5-10,12,18H,3-4H2,1-2H3,(H,24,25)/b16-7-/t18-/m0/s1. The van der Waals surface area contributed by atoms with Gasteiger partial charge in [-0.05, 0) is 37.8 Å². The summed E-state index contributed by atoms with van der Waals surface area (Å²) in [7, 11) is 1.67. The summed E-state index contributed by atoms with van der Waals surface area (Å²) in [5.74, 6) is -0.363. The Kier molecular flexibility index (Phi) is 5.81. The van der Waals surface area contributed by atoms with Crippen LogP contribution in [0.3, 0.4) is 0 Å². The van der Waals surface area contributed by atoms with E-state index < -0.39 is 23.6 Å². The third kappa shape index (κ3) is 4.69. The molecule has 1 aromatic heterocycles. The number of hydrogen-bond acceptors (Lipinski definition) is 4. The van der Waals surface area contributed by atoms with Crippen molar-refractivity contribution in [2.24, 2.45) is 10.9 Å². The van der Waals surface area contributed by atoms with E-state index in [0.717, 1.165) is 25.0 Å². The third-order valence-corrected chi connectivity index (χ3v) is 4.65. The van der Waals surface area contributed by atoms with Crippen LogP contribution in [0.5, 0.6) is 0 Å². The van der Waals surface area contributed by atoms with Crippen LogP contribution in [0.25, 0.3) is 5.70 Å². The molecule has 1 fully saturated rings. The predicted molar refractivity (Wildman–Crippen MR) is 98.5 cm³/mol. The van der Waals surface area contributed by atoms with Crippen LogP contribution in [0.1, 0.15) is 42.6 Å². The van der Waals surface area contributed by atoms with Crippen LogP contribution in [-0.4, -0.2) is 34.2 Å². The molecule has 0 unspecified atom stereocenters. The first-order valence-corrected chi connectivity index (χ1v) is 8.92. The van der Waals surface area contributed by atoms with Crippen molar-refractivity contribution in [3.05, 3.63) is 53.1 Å². The van der Waals surface area contributed by atoms with Gasteiger partial charge in [-0.1, -0.05) is 11.3 Å². The number of nitrogens with zero attached hydrogens (tertiary/aromatic N) is 4. The summed E-state index contributed by atoms with van der Waals surface area (Å²) >= 11 is 0. The van der Waals surface area contributed by atoms with E-state index in [1.165, 1.54) is 17.0 Å². The summed E-state index contributed by atoms with van der Waals surface area (Å²) in [6, 6.07) is 1.92. The number of nitrogens with one attached hydrogen (secondary N) is 1. The largest absolute Gasteiger partial charge is 0.416 e. The van der Waals surface area contributed by atoms with E-state index in [0.29, 0.717) is 23.9 Å². The van der Waals surface area contributed by atoms with Gasteiger partial charge in [0.15, 0.2) is 0 Å². The van der Waals surface area contributed by atoms with Crippen LogP contribution >= 0.6 is 0 Å². The molecule has 1 saturated carbocycles. The number of allylic oxidation sites excluding steroid dienone is 1. The van der Waals surface area contributed by atoms with Crippen molar-refractivity contribution in [1.82, 2.24) is 20.3 Å². The molecule has 0 radical (unpaired) electrons. The van der Waals surface area contributed by atoms with Gasteiger partial charge in [0.2, 0.25) is 0 Å². The molecule has 1 aromatic carbocycles. The number of carbonyl (C=O) groups excluding carboxylic acids is 1. The van der Waals surface area contributed by atoms with Gasteiger partial charge in [0.25, 0.3) is 0 Å². The molecular weight excluding hydrogens is 390 g/mol. The van der Waals surface area contributed by atoms with E-state index in [4.69, 9.17) is 0 Å². The number of hydrogen-bond donors (Lipinski definition) is 1. The van der Waals surface area contributed by atoms with Gasteiger partial charge in [0.05, 0.1) is 29.3 Å². The second-order valence-corrected chi connectivity index (χ2v) is 6.74. The average molecular weight is 409 g/mol. The highest BCUT2D eigenvalue weighted by Gasteiger charge is 2.38. The lowest BCUT2D eigenvalue weighted by molar-refractivity contribution is -0.137. The number of rotatable bonds is 6. The number of benzene rings is 1. The number of amidine groups is 1. The van der Waals surface area contributed by atoms with Gasteiger partial charge in [-0.15, -0.1) is 5.10 Å². The van der Waals surface area contributed by atoms with Crippen molar-refractivity contribution in [3.63, 3.8) is 0 Å². The lowest BCUT2D eigenvalue weighted by Gasteiger charge is -2.18. The first-order valence-electron chi connectivity index (χ1n) is 8.92. The highest BCUT2D eigenvalue weighted by molar-refractivity contribution is 5.89. The maximum atomic E-state index is 14.6. The lowest BCUT2D eigenvalue weighted by Crippen LogP contribution is -2.16. The maximum Gasteiger partial charge on any atom is 0.416 e. The SMILES string of the molecule is CN/C(C)=N\C(=C/C=O)c1cn([C@H](c2ccc(C(F)(F)F)cc2F)C2CC2)nn1. The summed E-state index contributed by atoms with van der Waals surface area (Å²) in [6.07, 6.45) is 0.284. The number of aldehydes is 1. The normalized spacial score (nSPS) is 16.6. The summed E-state index contributed by atoms with van der Waals surface area (Å²) in [5, 5.41) is 10.9. The van der Waals surface area contributed by atoms with Crippen LogP contribution < -0.4 is 5.32 Å². The van der Waals surface area contributed by atoms with Crippen molar-refractivity contribution in [1.29, 1.82) is 0 Å². The second kappa shape index (κ2) is 8.14. The van der Waals surface area contributed by atoms with Crippen molar-refractivity contribution in [2.45, 2.75) is 32.0 Å². The highest BCUT2D eigenvalue weighted by Crippen LogP contribution is 2.44. The Hall–Kier alpha value is -3.04. The van der Waals surface area contributed by atoms with Crippen LogP contribution in [0, 0.1) is 11.7 Å². The molecule has 1 aliphatic carbocycles. The van der Waals surface area contributed by atoms with E-state index >= 15 is 0 Å². The fraction of sp³-hybridized carbons (Fsp3) is 0.368. The van der Waals surface area contributed by atoms with E-state index in [9.17, 15) is 22.4 Å². The van der Waals surface area contributed by atoms with E-state index in [2.05, 4.69) is 20.6 Å². The molecule has 1 N–H and O–H groups in total. The maximum absolute atomic E-state index is 14.6. The highest BCUT2D eigenvalue weighted by atomic mass is 19.4. The summed E-state index contributed by atoms with van der Waals surface area (Å²) in [5.41, 5.74) is -0.362. The van der Waals surface area contributed by atoms with Crippen molar-refractivity contribution >= 4 is 17.8 Å². The van der Waals surface area contributed by atoms with Gasteiger partial charge in [-0.2, -0.15) is 13.2 Å². The molecule has 0 bridgehead atoms. The third-order valence-electron chi connectivity index (χ3n) is 4.65. The quantitative estimate of drug-likeness (QED) is 0.260. The second-order valence-electron chi connectivity index (χ2n) is 6.74. The zero-order chi connectivity index (χ0) is 21.2. The van der Waals surface area contributed by atoms with Gasteiger partial charge in [-0.25, -0.2) is 14.1 Å². The van der Waals surface area contributed by atoms with Crippen molar-refractivity contribution < 1.29 is 22.4 Å². The molecule has 6 nitrogen and oxygen atoms in total. The molecule has 0 spiro atoms. The van der Waals surface area contributed by atoms with Gasteiger partial charge >= 0.3 is 6.18 Å². The smallest absolute Gasteiger partial charge is 0.377 e. The lowest BCUT2D eigenvalue weighted by atomic mass is 10.00. The molecule has 1 aliphatic rings. The molecule has 29 heavy (non-hydrogen) atoms. The minimum atomic E-state index is -4.62. The molecule has 0 saturated heterocycles. The first-order chi connectivity index (χ1) is 13.7. The topological polar surface area (TPSA) is 72.2 Å². The van der Waals surface area contributed by atoms with Gasteiger partial charge in [0.1, 0.15) is 17.8 Å². The number of alkyl halides is 3. The Bertz CT molecular complexity index is 960. The molecule has 154 valence electrons. The Morgan fingerprint density at radius 3 is 2.66 bits per heavy atom. The number of carbonyl (C=O) groups is 1. The molecule has 2 aromatic rings. The molecule has 0 aliphatic heterocycles. The van der Waals surface area contributed by atoms with Crippen molar-refractivity contribution in [2.75, 3.05) is 7.05 Å². The Morgan fingerprint density at radius 2 is 2.10 bits per heavy atom. The van der Waals surface area contributed by atoms with Crippen LogP contribution in [0.15, 0.2) is 35.5 Å². The van der Waals surface area contributed by atoms with E-state index in [-0.39, 0.29) is 17.2 Å². The molecule has 0 amide bonds. The predicted octanol–water partition coefficient (Wildman–Crippen LogP) is 3.61. The van der Waals surface area contributed by atoms with Gasteiger partial charge in [-0.3, -0.25) is 4.79 Å². The summed E-state index contributed by atoms with van der Waals surface area (Å²) in [4.78, 5) is 15.2. The Labute approximate surface area is 164 Å². The van der Waals surface area contributed by atoms with Crippen LogP contribution in [0.4, 0.5) is 17.6 Å². The van der Waals surface area contributed by atoms with Gasteiger partial charge in [0, 0.05) is 18.7 Å². The average Bonchev–Trinajstić information content (AvgIpc) is 3.38. The minimum absolute atomic E-state index is 0.0387. The fourth-order valence-electron chi connectivity index (χ4n) is 2.98. The van der Waals surface area contributed by atoms with Gasteiger partial charge < -0.3 is 5.32 Å². The summed E-state index contributed by atoms with van der Waals surface area (Å²) < 4.78 is 54.5. The molecule has 1 atom stereocenters. The zero-order valence-electron chi connectivity index (χ0n) is 15.7. The number of aromatic nitrogens is 3. The summed E-state index contributed by atoms with van der Waals surface area (Å²) in [6.45, 7) is 1.70. The molecule has 3 rings (SSSR count). The van der Waals surface area contributed by atoms with Crippen LogP contribution in [-0.2, 0) is 11.0 Å². The fourth-order valence-corrected chi connectivity index (χ4v) is 2.98. The monoisotopic (exact) mass is 409 g/mol. The minimum Gasteiger partial charge on any atom is -0.377 e. The number of aliphatic imine (C=N–C) groups is 1. The Balaban J connectivity index is 1.98. The molecule has 1 heterocycles. The zero-order valence-corrected chi connectivity index (χ0v) is 15.7. The molecule has 10 heteroatoms. The molecular formula is C19H19F4N5O.